The van der Waals surface area contributed by atoms with Gasteiger partial charge in [0.25, 0.3) is 5.69 Å². The van der Waals surface area contributed by atoms with E-state index >= 15 is 0 Å². The Morgan fingerprint density at radius 3 is 2.61 bits per heavy atom. The molecule has 0 fully saturated rings. The second-order valence-electron chi connectivity index (χ2n) is 5.27. The molecule has 1 unspecified atom stereocenters. The summed E-state index contributed by atoms with van der Waals surface area (Å²) < 4.78 is 13.6. The maximum Gasteiger partial charge on any atom is 0.272 e. The predicted molar refractivity (Wildman–Crippen MR) is 89.5 cm³/mol. The molecule has 0 saturated heterocycles. The molecule has 0 amide bonds. The van der Waals surface area contributed by atoms with Crippen molar-refractivity contribution in [2.75, 3.05) is 0 Å². The molecule has 0 aliphatic carbocycles. The van der Waals surface area contributed by atoms with Gasteiger partial charge in [0.15, 0.2) is 0 Å². The van der Waals surface area contributed by atoms with Crippen molar-refractivity contribution in [2.45, 2.75) is 26.4 Å². The van der Waals surface area contributed by atoms with E-state index in [2.05, 4.69) is 5.32 Å². The lowest BCUT2D eigenvalue weighted by Gasteiger charge is -2.16. The third-order valence-corrected chi connectivity index (χ3v) is 4.21. The SMILES string of the molecule is Cc1ccc(CNC(C)c2cc(F)c(Cl)cc2Cl)cc1[N+](=O)[O-]. The highest BCUT2D eigenvalue weighted by Gasteiger charge is 2.15. The van der Waals surface area contributed by atoms with E-state index in [1.54, 1.807) is 13.0 Å². The van der Waals surface area contributed by atoms with E-state index in [1.165, 1.54) is 18.2 Å². The van der Waals surface area contributed by atoms with Crippen LogP contribution in [0.25, 0.3) is 0 Å². The van der Waals surface area contributed by atoms with E-state index in [9.17, 15) is 14.5 Å². The average Bonchev–Trinajstić information content (AvgIpc) is 2.49. The van der Waals surface area contributed by atoms with Crippen molar-refractivity contribution in [2.24, 2.45) is 0 Å². The number of hydrogen-bond donors (Lipinski definition) is 1. The minimum absolute atomic E-state index is 0.0277. The summed E-state index contributed by atoms with van der Waals surface area (Å²) in [6, 6.07) is 7.46. The molecule has 0 bridgehead atoms. The standard InChI is InChI=1S/C16H15Cl2FN2O2/c1-9-3-4-11(5-16(9)21(22)23)8-20-10(2)12-6-15(19)14(18)7-13(12)17/h3-7,10,20H,8H2,1-2H3. The number of aryl methyl sites for hydroxylation is 1. The zero-order chi connectivity index (χ0) is 17.1. The Balaban J connectivity index is 2.13. The molecule has 0 spiro atoms. The summed E-state index contributed by atoms with van der Waals surface area (Å²) in [5.74, 6) is -0.536. The van der Waals surface area contributed by atoms with Crippen molar-refractivity contribution in [3.8, 4) is 0 Å². The van der Waals surface area contributed by atoms with E-state index in [4.69, 9.17) is 23.2 Å². The molecule has 1 N–H and O–H groups in total. The van der Waals surface area contributed by atoms with Crippen LogP contribution in [-0.2, 0) is 6.54 Å². The lowest BCUT2D eigenvalue weighted by molar-refractivity contribution is -0.385. The van der Waals surface area contributed by atoms with Crippen LogP contribution in [-0.4, -0.2) is 4.92 Å². The first kappa shape index (κ1) is 17.7. The highest BCUT2D eigenvalue weighted by atomic mass is 35.5. The Kier molecular flexibility index (Phi) is 5.57. The zero-order valence-electron chi connectivity index (χ0n) is 12.6. The molecule has 0 radical (unpaired) electrons. The molecule has 0 heterocycles. The Hall–Kier alpha value is -1.69. The molecule has 2 rings (SSSR count). The van der Waals surface area contributed by atoms with Crippen LogP contribution in [0.4, 0.5) is 10.1 Å². The number of hydrogen-bond acceptors (Lipinski definition) is 3. The second kappa shape index (κ2) is 7.25. The van der Waals surface area contributed by atoms with Crippen molar-refractivity contribution >= 4 is 28.9 Å². The van der Waals surface area contributed by atoms with E-state index in [-0.39, 0.29) is 16.8 Å². The Bertz CT molecular complexity index is 753. The largest absolute Gasteiger partial charge is 0.306 e. The van der Waals surface area contributed by atoms with Crippen molar-refractivity contribution < 1.29 is 9.31 Å². The third-order valence-electron chi connectivity index (χ3n) is 3.59. The van der Waals surface area contributed by atoms with E-state index in [1.807, 2.05) is 13.0 Å². The molecule has 1 atom stereocenters. The molecule has 2 aromatic carbocycles. The van der Waals surface area contributed by atoms with Crippen LogP contribution < -0.4 is 5.32 Å². The lowest BCUT2D eigenvalue weighted by atomic mass is 10.1. The highest BCUT2D eigenvalue weighted by Crippen LogP contribution is 2.29. The molecule has 4 nitrogen and oxygen atoms in total. The van der Waals surface area contributed by atoms with Gasteiger partial charge in [-0.3, -0.25) is 10.1 Å². The number of benzene rings is 2. The van der Waals surface area contributed by atoms with Crippen LogP contribution in [0.3, 0.4) is 0 Å². The average molecular weight is 357 g/mol. The molecular weight excluding hydrogens is 342 g/mol. The quantitative estimate of drug-likeness (QED) is 0.455. The van der Waals surface area contributed by atoms with Crippen molar-refractivity contribution in [3.05, 3.63) is 73.0 Å². The maximum atomic E-state index is 13.6. The normalized spacial score (nSPS) is 12.2. The van der Waals surface area contributed by atoms with Gasteiger partial charge < -0.3 is 5.32 Å². The zero-order valence-corrected chi connectivity index (χ0v) is 14.1. The van der Waals surface area contributed by atoms with Gasteiger partial charge in [-0.1, -0.05) is 35.3 Å². The Morgan fingerprint density at radius 2 is 1.96 bits per heavy atom. The van der Waals surface area contributed by atoms with Gasteiger partial charge in [-0.2, -0.15) is 0 Å². The molecular formula is C16H15Cl2FN2O2. The van der Waals surface area contributed by atoms with E-state index in [0.717, 1.165) is 5.56 Å². The number of nitrogens with zero attached hydrogens (tertiary/aromatic N) is 1. The van der Waals surface area contributed by atoms with Crippen molar-refractivity contribution in [1.29, 1.82) is 0 Å². The van der Waals surface area contributed by atoms with Gasteiger partial charge in [0.2, 0.25) is 0 Å². The van der Waals surface area contributed by atoms with Gasteiger partial charge in [-0.25, -0.2) is 4.39 Å². The third kappa shape index (κ3) is 4.19. The second-order valence-corrected chi connectivity index (χ2v) is 6.08. The monoisotopic (exact) mass is 356 g/mol. The Labute approximate surface area is 143 Å². The van der Waals surface area contributed by atoms with Crippen LogP contribution >= 0.6 is 23.2 Å². The van der Waals surface area contributed by atoms with Crippen molar-refractivity contribution in [1.82, 2.24) is 5.32 Å². The van der Waals surface area contributed by atoms with Crippen LogP contribution in [0.15, 0.2) is 30.3 Å². The molecule has 0 aromatic heterocycles. The molecule has 122 valence electrons. The summed E-state index contributed by atoms with van der Waals surface area (Å²) in [6.07, 6.45) is 0. The number of rotatable bonds is 5. The maximum absolute atomic E-state index is 13.6. The highest BCUT2D eigenvalue weighted by molar-refractivity contribution is 6.35. The fourth-order valence-corrected chi connectivity index (χ4v) is 2.76. The van der Waals surface area contributed by atoms with Gasteiger partial charge in [0.1, 0.15) is 5.82 Å². The van der Waals surface area contributed by atoms with Crippen molar-refractivity contribution in [3.63, 3.8) is 0 Å². The van der Waals surface area contributed by atoms with Gasteiger partial charge in [-0.05, 0) is 37.1 Å². The van der Waals surface area contributed by atoms with Gasteiger partial charge >= 0.3 is 0 Å². The van der Waals surface area contributed by atoms with Gasteiger partial charge in [0.05, 0.1) is 9.95 Å². The van der Waals surface area contributed by atoms with Gasteiger partial charge in [0, 0.05) is 29.2 Å². The number of nitrogens with one attached hydrogen (secondary N) is 1. The molecule has 23 heavy (non-hydrogen) atoms. The first-order valence-electron chi connectivity index (χ1n) is 6.91. The first-order valence-corrected chi connectivity index (χ1v) is 7.67. The molecule has 0 aliphatic rings. The fraction of sp³-hybridized carbons (Fsp3) is 0.250. The summed E-state index contributed by atoms with van der Waals surface area (Å²) in [5.41, 5.74) is 2.03. The summed E-state index contributed by atoms with van der Waals surface area (Å²) in [4.78, 5) is 10.6. The number of halogens is 3. The topological polar surface area (TPSA) is 55.2 Å². The summed E-state index contributed by atoms with van der Waals surface area (Å²) in [7, 11) is 0. The van der Waals surface area contributed by atoms with Crippen LogP contribution in [0.1, 0.15) is 29.7 Å². The van der Waals surface area contributed by atoms with Crippen LogP contribution in [0.5, 0.6) is 0 Å². The Morgan fingerprint density at radius 1 is 1.26 bits per heavy atom. The number of nitro groups is 1. The van der Waals surface area contributed by atoms with Crippen LogP contribution in [0.2, 0.25) is 10.0 Å². The lowest BCUT2D eigenvalue weighted by Crippen LogP contribution is -2.18. The summed E-state index contributed by atoms with van der Waals surface area (Å²) in [6.45, 7) is 3.91. The predicted octanol–water partition coefficient (Wildman–Crippen LogP) is 5.20. The molecule has 0 saturated carbocycles. The van der Waals surface area contributed by atoms with Gasteiger partial charge in [-0.15, -0.1) is 0 Å². The fourth-order valence-electron chi connectivity index (χ4n) is 2.21. The van der Waals surface area contributed by atoms with E-state index in [0.29, 0.717) is 22.7 Å². The van der Waals surface area contributed by atoms with E-state index < -0.39 is 10.7 Å². The summed E-state index contributed by atoms with van der Waals surface area (Å²) >= 11 is 11.8. The molecule has 7 heteroatoms. The minimum atomic E-state index is -0.536. The molecule has 0 aliphatic heterocycles. The first-order chi connectivity index (χ1) is 10.8. The smallest absolute Gasteiger partial charge is 0.272 e. The van der Waals surface area contributed by atoms with Crippen LogP contribution in [0, 0.1) is 22.9 Å². The molecule has 2 aromatic rings. The summed E-state index contributed by atoms with van der Waals surface area (Å²) in [5, 5.41) is 14.5. The number of nitro benzene ring substituents is 1. The minimum Gasteiger partial charge on any atom is -0.306 e.